The zero-order chi connectivity index (χ0) is 31.1. The maximum Gasteiger partial charge on any atom is 0.0651 e. The molecule has 0 aromatic carbocycles. The average Bonchev–Trinajstić information content (AvgIpc) is 2.69. The van der Waals surface area contributed by atoms with Crippen molar-refractivity contribution >= 4 is 0 Å². The van der Waals surface area contributed by atoms with Crippen LogP contribution in [0.5, 0.6) is 0 Å². The third-order valence-electron chi connectivity index (χ3n) is 6.55. The zero-order valence-electron chi connectivity index (χ0n) is 29.2. The van der Waals surface area contributed by atoms with Crippen molar-refractivity contribution in [3.8, 4) is 0 Å². The lowest BCUT2D eigenvalue weighted by molar-refractivity contribution is -0.0927. The van der Waals surface area contributed by atoms with Gasteiger partial charge in [0.25, 0.3) is 0 Å². The van der Waals surface area contributed by atoms with Crippen LogP contribution in [0.15, 0.2) is 0 Å². The molecule has 0 N–H and O–H groups in total. The fourth-order valence-corrected chi connectivity index (χ4v) is 5.48. The number of hydrogen-bond donors (Lipinski definition) is 0. The van der Waals surface area contributed by atoms with Gasteiger partial charge < -0.3 is 28.4 Å². The van der Waals surface area contributed by atoms with Gasteiger partial charge in [0.2, 0.25) is 0 Å². The molecule has 3 atom stereocenters. The summed E-state index contributed by atoms with van der Waals surface area (Å²) < 4.78 is 36.9. The lowest BCUT2D eigenvalue weighted by Gasteiger charge is -2.33. The summed E-state index contributed by atoms with van der Waals surface area (Å²) in [5.74, 6) is 0. The Morgan fingerprint density at radius 2 is 0.650 bits per heavy atom. The maximum absolute atomic E-state index is 6.35. The molecule has 0 bridgehead atoms. The van der Waals surface area contributed by atoms with E-state index in [1.165, 1.54) is 0 Å². The van der Waals surface area contributed by atoms with Crippen LogP contribution in [0.25, 0.3) is 0 Å². The van der Waals surface area contributed by atoms with E-state index in [9.17, 15) is 0 Å². The van der Waals surface area contributed by atoms with Crippen LogP contribution in [-0.4, -0.2) is 97.8 Å². The van der Waals surface area contributed by atoms with Gasteiger partial charge in [0, 0.05) is 38.9 Å². The first-order valence-corrected chi connectivity index (χ1v) is 15.8. The summed E-state index contributed by atoms with van der Waals surface area (Å²) in [4.78, 5) is 2.39. The number of hydrogen-bond acceptors (Lipinski definition) is 7. The molecular formula is C33H69NO6. The molecule has 0 rings (SSSR count). The summed E-state index contributed by atoms with van der Waals surface area (Å²) in [6, 6.07) is 0. The number of rotatable bonds is 24. The molecule has 0 aliphatic rings. The van der Waals surface area contributed by atoms with Crippen LogP contribution in [0.4, 0.5) is 0 Å². The predicted octanol–water partition coefficient (Wildman–Crippen LogP) is 7.28. The topological polar surface area (TPSA) is 58.6 Å². The van der Waals surface area contributed by atoms with Crippen molar-refractivity contribution in [3.05, 3.63) is 0 Å². The minimum atomic E-state index is -0.254. The Kier molecular flexibility index (Phi) is 19.0. The molecule has 7 heteroatoms. The van der Waals surface area contributed by atoms with E-state index in [0.29, 0.717) is 19.8 Å². The quantitative estimate of drug-likeness (QED) is 0.120. The second kappa shape index (κ2) is 19.1. The Bertz CT molecular complexity index is 549. The summed E-state index contributed by atoms with van der Waals surface area (Å²) in [5.41, 5.74) is -0.762. The van der Waals surface area contributed by atoms with E-state index in [0.717, 1.165) is 38.9 Å². The van der Waals surface area contributed by atoms with Gasteiger partial charge >= 0.3 is 0 Å². The van der Waals surface area contributed by atoms with Crippen molar-refractivity contribution in [2.75, 3.05) is 39.5 Å². The Morgan fingerprint density at radius 3 is 0.850 bits per heavy atom. The molecule has 0 fully saturated rings. The first-order valence-electron chi connectivity index (χ1n) is 15.8. The lowest BCUT2D eigenvalue weighted by atomic mass is 10.0. The molecule has 0 heterocycles. The maximum atomic E-state index is 6.35. The average molecular weight is 576 g/mol. The molecule has 40 heavy (non-hydrogen) atoms. The van der Waals surface area contributed by atoms with E-state index < -0.39 is 0 Å². The SMILES string of the molecule is CC(C)OC(C)CC(C)(C)OCCN(CCOC(C)(C)CC(C)OC(C)C)CCOC(C)(C)CC(C)OC(C)C. The van der Waals surface area contributed by atoms with Gasteiger partial charge in [-0.1, -0.05) is 0 Å². The summed E-state index contributed by atoms with van der Waals surface area (Å²) in [5, 5.41) is 0. The van der Waals surface area contributed by atoms with Gasteiger partial charge in [-0.25, -0.2) is 0 Å². The highest BCUT2D eigenvalue weighted by atomic mass is 16.5. The number of nitrogens with zero attached hydrogens (tertiary/aromatic N) is 1. The van der Waals surface area contributed by atoms with Gasteiger partial charge in [-0.05, 0) is 104 Å². The van der Waals surface area contributed by atoms with Crippen LogP contribution >= 0.6 is 0 Å². The molecule has 0 saturated carbocycles. The van der Waals surface area contributed by atoms with E-state index in [1.54, 1.807) is 0 Å². The van der Waals surface area contributed by atoms with Crippen molar-refractivity contribution in [3.63, 3.8) is 0 Å². The molecule has 0 amide bonds. The summed E-state index contributed by atoms with van der Waals surface area (Å²) in [7, 11) is 0. The molecule has 7 nitrogen and oxygen atoms in total. The summed E-state index contributed by atoms with van der Waals surface area (Å²) in [6.07, 6.45) is 3.68. The number of ether oxygens (including phenoxy) is 6. The van der Waals surface area contributed by atoms with Gasteiger partial charge in [0.15, 0.2) is 0 Å². The predicted molar refractivity (Wildman–Crippen MR) is 167 cm³/mol. The smallest absolute Gasteiger partial charge is 0.0651 e. The van der Waals surface area contributed by atoms with Crippen molar-refractivity contribution in [2.45, 2.75) is 177 Å². The fourth-order valence-electron chi connectivity index (χ4n) is 5.48. The van der Waals surface area contributed by atoms with Crippen LogP contribution in [0.3, 0.4) is 0 Å². The normalized spacial score (nSPS) is 16.0. The minimum absolute atomic E-state index is 0.154. The summed E-state index contributed by atoms with van der Waals surface area (Å²) in [6.45, 7) is 36.1. The highest BCUT2D eigenvalue weighted by molar-refractivity contribution is 4.76. The molecule has 242 valence electrons. The van der Waals surface area contributed by atoms with Crippen molar-refractivity contribution in [2.24, 2.45) is 0 Å². The Labute approximate surface area is 249 Å². The highest BCUT2D eigenvalue weighted by Crippen LogP contribution is 2.22. The van der Waals surface area contributed by atoms with E-state index in [-0.39, 0.29) is 53.4 Å². The Hall–Kier alpha value is -0.280. The zero-order valence-corrected chi connectivity index (χ0v) is 29.2. The van der Waals surface area contributed by atoms with Gasteiger partial charge in [0.1, 0.15) is 0 Å². The molecule has 3 unspecified atom stereocenters. The van der Waals surface area contributed by atoms with Crippen LogP contribution in [-0.2, 0) is 28.4 Å². The largest absolute Gasteiger partial charge is 0.376 e. The molecule has 0 aromatic heterocycles. The summed E-state index contributed by atoms with van der Waals surface area (Å²) >= 11 is 0. The van der Waals surface area contributed by atoms with Gasteiger partial charge in [-0.2, -0.15) is 0 Å². The highest BCUT2D eigenvalue weighted by Gasteiger charge is 2.26. The van der Waals surface area contributed by atoms with E-state index in [2.05, 4.69) is 109 Å². The standard InChI is InChI=1S/C33H69NO6/c1-25(2)38-28(7)22-31(10,11)35-19-16-34(17-20-36-32(12,13)23-29(8)39-26(3)4)18-21-37-33(14,15)24-30(9)40-27(5)6/h25-30H,16-24H2,1-15H3. The molecule has 0 spiro atoms. The molecular weight excluding hydrogens is 506 g/mol. The monoisotopic (exact) mass is 576 g/mol. The molecule has 0 aromatic rings. The van der Waals surface area contributed by atoms with Crippen molar-refractivity contribution in [1.29, 1.82) is 0 Å². The van der Waals surface area contributed by atoms with E-state index >= 15 is 0 Å². The van der Waals surface area contributed by atoms with Crippen LogP contribution in [0.2, 0.25) is 0 Å². The van der Waals surface area contributed by atoms with Crippen LogP contribution < -0.4 is 0 Å². The first kappa shape index (κ1) is 39.7. The fraction of sp³-hybridized carbons (Fsp3) is 1.00. The Morgan fingerprint density at radius 1 is 0.425 bits per heavy atom. The molecule has 0 aliphatic carbocycles. The first-order chi connectivity index (χ1) is 18.2. The van der Waals surface area contributed by atoms with Crippen molar-refractivity contribution in [1.82, 2.24) is 4.90 Å². The Balaban J connectivity index is 5.00. The third kappa shape index (κ3) is 22.3. The minimum Gasteiger partial charge on any atom is -0.376 e. The van der Waals surface area contributed by atoms with E-state index in [4.69, 9.17) is 28.4 Å². The van der Waals surface area contributed by atoms with Gasteiger partial charge in [-0.3, -0.25) is 4.90 Å². The van der Waals surface area contributed by atoms with Gasteiger partial charge in [0.05, 0.1) is 73.2 Å². The van der Waals surface area contributed by atoms with Crippen LogP contribution in [0.1, 0.15) is 123 Å². The van der Waals surface area contributed by atoms with Gasteiger partial charge in [-0.15, -0.1) is 0 Å². The second-order valence-electron chi connectivity index (χ2n) is 14.3. The van der Waals surface area contributed by atoms with E-state index in [1.807, 2.05) is 0 Å². The van der Waals surface area contributed by atoms with Crippen molar-refractivity contribution < 1.29 is 28.4 Å². The lowest BCUT2D eigenvalue weighted by Crippen LogP contribution is -2.40. The van der Waals surface area contributed by atoms with Crippen LogP contribution in [0, 0.1) is 0 Å². The molecule has 0 radical (unpaired) electrons. The molecule has 0 aliphatic heterocycles. The third-order valence-corrected chi connectivity index (χ3v) is 6.55. The molecule has 0 saturated heterocycles. The second-order valence-corrected chi connectivity index (χ2v) is 14.3.